The van der Waals surface area contributed by atoms with E-state index in [1.165, 1.54) is 12.0 Å². The molecule has 11 heteroatoms. The molecule has 0 spiro atoms. The summed E-state index contributed by atoms with van der Waals surface area (Å²) < 4.78 is 5.78. The molecule has 0 fully saturated rings. The Balaban J connectivity index is 1.69. The number of primary amides is 1. The van der Waals surface area contributed by atoms with Gasteiger partial charge in [-0.05, 0) is 56.9 Å². The number of methoxy groups -OCH3 is 1. The van der Waals surface area contributed by atoms with Gasteiger partial charge in [0.2, 0.25) is 5.78 Å². The molecule has 3 aliphatic carbocycles. The summed E-state index contributed by atoms with van der Waals surface area (Å²) in [6, 6.07) is 4.49. The third-order valence-electron chi connectivity index (χ3n) is 8.80. The van der Waals surface area contributed by atoms with Gasteiger partial charge in [0.15, 0.2) is 11.4 Å². The van der Waals surface area contributed by atoms with Gasteiger partial charge in [-0.15, -0.1) is 0 Å². The van der Waals surface area contributed by atoms with E-state index in [2.05, 4.69) is 19.2 Å². The van der Waals surface area contributed by atoms with Crippen LogP contribution in [0.15, 0.2) is 40.9 Å². The minimum atomic E-state index is -2.68. The number of rotatable bonds is 7. The van der Waals surface area contributed by atoms with E-state index in [-0.39, 0.29) is 29.7 Å². The third kappa shape index (κ3) is 4.18. The van der Waals surface area contributed by atoms with E-state index in [1.54, 1.807) is 20.2 Å². The summed E-state index contributed by atoms with van der Waals surface area (Å²) in [5, 5.41) is 50.1. The number of nitrogens with zero attached hydrogens (tertiary/aromatic N) is 1. The molecule has 4 atom stereocenters. The van der Waals surface area contributed by atoms with Crippen LogP contribution in [0.3, 0.4) is 0 Å². The first kappa shape index (κ1) is 29.6. The van der Waals surface area contributed by atoms with Crippen LogP contribution < -0.4 is 15.8 Å². The molecule has 1 amide bonds. The van der Waals surface area contributed by atoms with Crippen molar-refractivity contribution in [1.82, 2.24) is 10.2 Å². The van der Waals surface area contributed by atoms with Crippen molar-refractivity contribution in [2.75, 3.05) is 27.7 Å². The van der Waals surface area contributed by atoms with E-state index in [4.69, 9.17) is 10.5 Å². The van der Waals surface area contributed by atoms with Crippen LogP contribution in [0.25, 0.3) is 10.8 Å². The van der Waals surface area contributed by atoms with Crippen LogP contribution in [-0.2, 0) is 22.6 Å². The second-order valence-electron chi connectivity index (χ2n) is 12.1. The van der Waals surface area contributed by atoms with Gasteiger partial charge < -0.3 is 36.2 Å². The highest BCUT2D eigenvalue weighted by Crippen LogP contribution is 2.54. The summed E-state index contributed by atoms with van der Waals surface area (Å²) in [5.41, 5.74) is 2.93. The number of hydrogen-bond donors (Lipinski definition) is 6. The molecule has 224 valence electrons. The maximum absolute atomic E-state index is 14.1. The summed E-state index contributed by atoms with van der Waals surface area (Å²) in [6.45, 7) is 5.53. The van der Waals surface area contributed by atoms with Crippen LogP contribution in [0.5, 0.6) is 11.5 Å². The Kier molecular flexibility index (Phi) is 7.33. The van der Waals surface area contributed by atoms with Crippen LogP contribution in [0, 0.1) is 17.8 Å². The molecular formula is C31H37N3O8. The molecule has 42 heavy (non-hydrogen) atoms. The Labute approximate surface area is 243 Å². The van der Waals surface area contributed by atoms with Gasteiger partial charge in [-0.3, -0.25) is 19.3 Å². The van der Waals surface area contributed by atoms with Gasteiger partial charge in [0.1, 0.15) is 28.6 Å². The number of amides is 1. The van der Waals surface area contributed by atoms with Crippen LogP contribution in [0.1, 0.15) is 41.8 Å². The van der Waals surface area contributed by atoms with Crippen molar-refractivity contribution < 1.29 is 39.5 Å². The van der Waals surface area contributed by atoms with Crippen molar-refractivity contribution in [3.63, 3.8) is 0 Å². The fourth-order valence-corrected chi connectivity index (χ4v) is 6.98. The molecule has 2 aromatic rings. The number of phenols is 1. The summed E-state index contributed by atoms with van der Waals surface area (Å²) in [6.07, 6.45) is 0.160. The number of ketones is 2. The summed E-state index contributed by atoms with van der Waals surface area (Å²) in [4.78, 5) is 41.3. The van der Waals surface area contributed by atoms with E-state index >= 15 is 0 Å². The maximum atomic E-state index is 14.1. The quantitative estimate of drug-likeness (QED) is 0.265. The predicted octanol–water partition coefficient (Wildman–Crippen LogP) is 2.03. The molecule has 11 nitrogen and oxygen atoms in total. The SMILES string of the molecule is COc1c2c(c(O)c3cc(CNCC(C)C)ccc13)C(=O)C1=C(O)[C@]3(O)C(=O)C(C(N)=O)=C(O)[C@@H](N(C)C)[C@@H]3C[C@@H]1C2. The zero-order valence-electron chi connectivity index (χ0n) is 24.3. The van der Waals surface area contributed by atoms with Crippen LogP contribution in [0.4, 0.5) is 0 Å². The molecule has 0 aromatic heterocycles. The van der Waals surface area contributed by atoms with Gasteiger partial charge in [-0.1, -0.05) is 26.0 Å². The fraction of sp³-hybridized carbons (Fsp3) is 0.452. The zero-order valence-corrected chi connectivity index (χ0v) is 24.3. The number of aromatic hydroxyl groups is 1. The largest absolute Gasteiger partial charge is 0.510 e. The standard InChI is InChI=1S/C31H37N3O8/c1-13(2)11-33-12-14-6-7-16-17(8-14)24(35)21-18(27(16)42-5)9-15-10-19-23(34(3)4)26(37)22(30(32)40)29(39)31(19,41)28(38)20(15)25(21)36/h6-8,13,15,19,23,33,35,37-38,41H,9-12H2,1-5H3,(H2,32,40)/t15-,19-,23-,31-/m0/s1. The van der Waals surface area contributed by atoms with Crippen molar-refractivity contribution in [2.45, 2.75) is 44.9 Å². The van der Waals surface area contributed by atoms with Gasteiger partial charge in [0, 0.05) is 34.4 Å². The monoisotopic (exact) mass is 579 g/mol. The molecule has 0 bridgehead atoms. The minimum absolute atomic E-state index is 0.00811. The number of nitrogens with two attached hydrogens (primary N) is 1. The van der Waals surface area contributed by atoms with Gasteiger partial charge in [0.05, 0.1) is 18.7 Å². The summed E-state index contributed by atoms with van der Waals surface area (Å²) in [5.74, 6) is -5.98. The average Bonchev–Trinajstić information content (AvgIpc) is 2.90. The number of ether oxygens (including phenoxy) is 1. The lowest BCUT2D eigenvalue weighted by molar-refractivity contribution is -0.148. The number of hydrogen-bond acceptors (Lipinski definition) is 10. The number of benzene rings is 2. The Morgan fingerprint density at radius 1 is 1.19 bits per heavy atom. The predicted molar refractivity (Wildman–Crippen MR) is 154 cm³/mol. The van der Waals surface area contributed by atoms with Crippen molar-refractivity contribution in [2.24, 2.45) is 23.5 Å². The highest BCUT2D eigenvalue weighted by molar-refractivity contribution is 6.25. The lowest BCUT2D eigenvalue weighted by Crippen LogP contribution is -2.63. The van der Waals surface area contributed by atoms with Crippen LogP contribution in [0.2, 0.25) is 0 Å². The normalized spacial score (nSPS) is 25.7. The fourth-order valence-electron chi connectivity index (χ4n) is 6.98. The topological polar surface area (TPSA) is 183 Å². The number of fused-ring (bicyclic) bond motifs is 4. The first-order valence-corrected chi connectivity index (χ1v) is 13.9. The number of carbonyl (C=O) groups is 3. The number of aliphatic hydroxyl groups excluding tert-OH is 2. The number of likely N-dealkylation sites (N-methyl/N-ethyl adjacent to an activating group) is 1. The minimum Gasteiger partial charge on any atom is -0.510 e. The lowest BCUT2D eigenvalue weighted by atomic mass is 9.58. The van der Waals surface area contributed by atoms with E-state index in [1.807, 2.05) is 12.1 Å². The van der Waals surface area contributed by atoms with Crippen molar-refractivity contribution in [3.05, 3.63) is 57.6 Å². The Morgan fingerprint density at radius 3 is 2.48 bits per heavy atom. The van der Waals surface area contributed by atoms with Gasteiger partial charge in [-0.25, -0.2) is 0 Å². The van der Waals surface area contributed by atoms with Gasteiger partial charge in [0.25, 0.3) is 5.91 Å². The second kappa shape index (κ2) is 10.4. The first-order chi connectivity index (χ1) is 19.7. The number of carbonyl (C=O) groups excluding carboxylic acids is 3. The number of allylic oxidation sites excluding steroid dienone is 1. The van der Waals surface area contributed by atoms with Crippen molar-refractivity contribution in [1.29, 1.82) is 0 Å². The smallest absolute Gasteiger partial charge is 0.255 e. The number of phenolic OH excluding ortho intramolecular Hbond substituents is 1. The molecule has 0 saturated heterocycles. The highest BCUT2D eigenvalue weighted by atomic mass is 16.5. The van der Waals surface area contributed by atoms with Gasteiger partial charge >= 0.3 is 0 Å². The van der Waals surface area contributed by atoms with Gasteiger partial charge in [-0.2, -0.15) is 0 Å². The lowest BCUT2D eigenvalue weighted by Gasteiger charge is -2.50. The summed E-state index contributed by atoms with van der Waals surface area (Å²) in [7, 11) is 4.66. The Hall–Kier alpha value is -3.93. The van der Waals surface area contributed by atoms with E-state index < -0.39 is 58.0 Å². The molecule has 7 N–H and O–H groups in total. The number of aliphatic hydroxyl groups is 3. The Morgan fingerprint density at radius 2 is 1.88 bits per heavy atom. The van der Waals surface area contributed by atoms with E-state index in [0.717, 1.165) is 12.1 Å². The molecule has 0 radical (unpaired) electrons. The highest BCUT2D eigenvalue weighted by Gasteiger charge is 2.63. The molecular weight excluding hydrogens is 542 g/mol. The van der Waals surface area contributed by atoms with Crippen molar-refractivity contribution >= 4 is 28.2 Å². The average molecular weight is 580 g/mol. The Bertz CT molecular complexity index is 1590. The van der Waals surface area contributed by atoms with Crippen molar-refractivity contribution in [3.8, 4) is 11.5 Å². The zero-order chi connectivity index (χ0) is 30.8. The molecule has 0 unspecified atom stereocenters. The number of Topliss-reactive ketones (excluding diaryl/α,β-unsaturated/α-hetero) is 2. The summed E-state index contributed by atoms with van der Waals surface area (Å²) >= 11 is 0. The molecule has 0 aliphatic heterocycles. The van der Waals surface area contributed by atoms with E-state index in [0.29, 0.717) is 34.5 Å². The van der Waals surface area contributed by atoms with Crippen LogP contribution in [-0.4, -0.2) is 82.2 Å². The molecule has 3 aliphatic rings. The van der Waals surface area contributed by atoms with Crippen LogP contribution >= 0.6 is 0 Å². The third-order valence-corrected chi connectivity index (χ3v) is 8.80. The molecule has 2 aromatic carbocycles. The number of nitrogens with one attached hydrogen (secondary N) is 1. The second-order valence-corrected chi connectivity index (χ2v) is 12.1. The maximum Gasteiger partial charge on any atom is 0.255 e. The molecule has 0 heterocycles. The molecule has 5 rings (SSSR count). The van der Waals surface area contributed by atoms with E-state index in [9.17, 15) is 34.8 Å². The molecule has 0 saturated carbocycles. The first-order valence-electron chi connectivity index (χ1n) is 13.9.